The molecule has 2 aromatic carbocycles. The number of rotatable bonds is 7. The predicted molar refractivity (Wildman–Crippen MR) is 98.8 cm³/mol. The topological polar surface area (TPSA) is 64.6 Å². The molecule has 0 spiro atoms. The number of sulfonamides is 1. The Morgan fingerprint density at radius 1 is 1.15 bits per heavy atom. The van der Waals surface area contributed by atoms with Crippen molar-refractivity contribution in [2.45, 2.75) is 11.1 Å². The van der Waals surface area contributed by atoms with E-state index in [4.69, 9.17) is 21.1 Å². The first kappa shape index (κ1) is 21.8. The van der Waals surface area contributed by atoms with Gasteiger partial charge in [0.2, 0.25) is 0 Å². The molecule has 0 bridgehead atoms. The largest absolute Gasteiger partial charge is 0.489 e. The fourth-order valence-electron chi connectivity index (χ4n) is 2.04. The summed E-state index contributed by atoms with van der Waals surface area (Å²) < 4.78 is 77.0. The van der Waals surface area contributed by atoms with Crippen molar-refractivity contribution >= 4 is 43.2 Å². The number of methoxy groups -OCH3 is 1. The highest BCUT2D eigenvalue weighted by atomic mass is 79.9. The SMILES string of the molecule is COCCOc1ccc(C(F)(F)F)cc1NS(=O)(=O)c1ccc(Br)cc1Cl. The van der Waals surface area contributed by atoms with Crippen molar-refractivity contribution in [3.8, 4) is 5.75 Å². The maximum atomic E-state index is 13.0. The molecule has 0 amide bonds. The van der Waals surface area contributed by atoms with Crippen LogP contribution in [0.5, 0.6) is 5.75 Å². The molecule has 0 aliphatic carbocycles. The highest BCUT2D eigenvalue weighted by Crippen LogP contribution is 2.36. The van der Waals surface area contributed by atoms with Crippen molar-refractivity contribution in [1.82, 2.24) is 0 Å². The lowest BCUT2D eigenvalue weighted by atomic mass is 10.2. The van der Waals surface area contributed by atoms with Gasteiger partial charge in [-0.15, -0.1) is 0 Å². The van der Waals surface area contributed by atoms with Crippen LogP contribution in [-0.2, 0) is 20.9 Å². The van der Waals surface area contributed by atoms with Crippen LogP contribution in [0.25, 0.3) is 0 Å². The van der Waals surface area contributed by atoms with Crippen molar-refractivity contribution in [2.75, 3.05) is 25.0 Å². The molecular weight excluding hydrogens is 475 g/mol. The van der Waals surface area contributed by atoms with Gasteiger partial charge in [-0.1, -0.05) is 27.5 Å². The summed E-state index contributed by atoms with van der Waals surface area (Å²) in [5, 5.41) is -0.0919. The van der Waals surface area contributed by atoms with Crippen LogP contribution in [0, 0.1) is 0 Å². The lowest BCUT2D eigenvalue weighted by Gasteiger charge is -2.16. The first-order chi connectivity index (χ1) is 12.5. The molecular formula is C16H14BrClF3NO4S. The minimum atomic E-state index is -4.65. The van der Waals surface area contributed by atoms with E-state index >= 15 is 0 Å². The van der Waals surface area contributed by atoms with Gasteiger partial charge in [0.15, 0.2) is 0 Å². The third-order valence-corrected chi connectivity index (χ3v) is 5.62. The molecule has 27 heavy (non-hydrogen) atoms. The maximum Gasteiger partial charge on any atom is 0.416 e. The number of ether oxygens (including phenoxy) is 2. The third kappa shape index (κ3) is 5.74. The van der Waals surface area contributed by atoms with Gasteiger partial charge in [0.05, 0.1) is 22.9 Å². The Morgan fingerprint density at radius 3 is 2.44 bits per heavy atom. The van der Waals surface area contributed by atoms with Gasteiger partial charge in [0, 0.05) is 11.6 Å². The Balaban J connectivity index is 2.44. The molecule has 5 nitrogen and oxygen atoms in total. The summed E-state index contributed by atoms with van der Waals surface area (Å²) in [5.41, 5.74) is -1.39. The van der Waals surface area contributed by atoms with Crippen LogP contribution in [0.3, 0.4) is 0 Å². The molecule has 2 aromatic rings. The zero-order valence-electron chi connectivity index (χ0n) is 13.8. The second-order valence-electron chi connectivity index (χ2n) is 5.23. The lowest BCUT2D eigenvalue weighted by Crippen LogP contribution is -2.16. The molecule has 0 saturated carbocycles. The Morgan fingerprint density at radius 2 is 1.85 bits per heavy atom. The van der Waals surface area contributed by atoms with E-state index in [9.17, 15) is 21.6 Å². The Kier molecular flexibility index (Phi) is 7.01. The molecule has 0 atom stereocenters. The van der Waals surface area contributed by atoms with Crippen LogP contribution in [0.1, 0.15) is 5.56 Å². The van der Waals surface area contributed by atoms with Crippen LogP contribution in [0.2, 0.25) is 5.02 Å². The van der Waals surface area contributed by atoms with E-state index in [1.807, 2.05) is 0 Å². The second kappa shape index (κ2) is 8.68. The van der Waals surface area contributed by atoms with Crippen LogP contribution < -0.4 is 9.46 Å². The van der Waals surface area contributed by atoms with Crippen LogP contribution in [0.4, 0.5) is 18.9 Å². The highest BCUT2D eigenvalue weighted by Gasteiger charge is 2.32. The molecule has 0 saturated heterocycles. The zero-order valence-corrected chi connectivity index (χ0v) is 17.0. The molecule has 0 heterocycles. The quantitative estimate of drug-likeness (QED) is 0.560. The summed E-state index contributed by atoms with van der Waals surface area (Å²) in [5.74, 6) is -0.0724. The first-order valence-corrected chi connectivity index (χ1v) is 10.0. The molecule has 0 aliphatic heterocycles. The Bertz CT molecular complexity index is 922. The third-order valence-electron chi connectivity index (χ3n) is 3.28. The maximum absolute atomic E-state index is 13.0. The average Bonchev–Trinajstić information content (AvgIpc) is 2.54. The van der Waals surface area contributed by atoms with Crippen LogP contribution >= 0.6 is 27.5 Å². The Labute approximate surface area is 167 Å². The van der Waals surface area contributed by atoms with E-state index in [-0.39, 0.29) is 34.6 Å². The Hall–Kier alpha value is -1.49. The average molecular weight is 489 g/mol. The van der Waals surface area contributed by atoms with Crippen LogP contribution in [0.15, 0.2) is 45.8 Å². The fraction of sp³-hybridized carbons (Fsp3) is 0.250. The fourth-order valence-corrected chi connectivity index (χ4v) is 4.14. The monoisotopic (exact) mass is 487 g/mol. The zero-order chi connectivity index (χ0) is 20.2. The van der Waals surface area contributed by atoms with Crippen molar-refractivity contribution in [3.05, 3.63) is 51.5 Å². The van der Waals surface area contributed by atoms with E-state index < -0.39 is 21.8 Å². The van der Waals surface area contributed by atoms with Gasteiger partial charge in [-0.3, -0.25) is 4.72 Å². The number of anilines is 1. The number of halogens is 5. The number of nitrogens with one attached hydrogen (secondary N) is 1. The van der Waals surface area contributed by atoms with Gasteiger partial charge in [-0.25, -0.2) is 8.42 Å². The number of alkyl halides is 3. The number of benzene rings is 2. The summed E-state index contributed by atoms with van der Waals surface area (Å²) in [4.78, 5) is -0.285. The van der Waals surface area contributed by atoms with E-state index in [1.54, 1.807) is 0 Å². The van der Waals surface area contributed by atoms with Gasteiger partial charge in [-0.05, 0) is 36.4 Å². The van der Waals surface area contributed by atoms with Gasteiger partial charge < -0.3 is 9.47 Å². The number of hydrogen-bond acceptors (Lipinski definition) is 4. The normalized spacial score (nSPS) is 12.1. The van der Waals surface area contributed by atoms with Gasteiger partial charge in [0.25, 0.3) is 10.0 Å². The van der Waals surface area contributed by atoms with Crippen molar-refractivity contribution < 1.29 is 31.1 Å². The van der Waals surface area contributed by atoms with Crippen LogP contribution in [-0.4, -0.2) is 28.7 Å². The molecule has 2 rings (SSSR count). The molecule has 0 unspecified atom stereocenters. The first-order valence-electron chi connectivity index (χ1n) is 7.35. The second-order valence-corrected chi connectivity index (χ2v) is 8.20. The van der Waals surface area contributed by atoms with E-state index in [1.165, 1.54) is 25.3 Å². The highest BCUT2D eigenvalue weighted by molar-refractivity contribution is 9.10. The predicted octanol–water partition coefficient (Wildman–Crippen LogP) is 4.95. The molecule has 0 aliphatic rings. The molecule has 1 N–H and O–H groups in total. The number of hydrogen-bond donors (Lipinski definition) is 1. The van der Waals surface area contributed by atoms with E-state index in [2.05, 4.69) is 20.7 Å². The molecule has 0 aromatic heterocycles. The molecule has 0 fully saturated rings. The standard InChI is InChI=1S/C16H14BrClF3NO4S/c1-25-6-7-26-14-4-2-10(16(19,20)21)8-13(14)22-27(23,24)15-5-3-11(17)9-12(15)18/h2-5,8-9,22H,6-7H2,1H3. The minimum Gasteiger partial charge on any atom is -0.489 e. The van der Waals surface area contributed by atoms with Crippen molar-refractivity contribution in [1.29, 1.82) is 0 Å². The van der Waals surface area contributed by atoms with Gasteiger partial charge >= 0.3 is 6.18 Å². The van der Waals surface area contributed by atoms with Crippen molar-refractivity contribution in [2.24, 2.45) is 0 Å². The van der Waals surface area contributed by atoms with Gasteiger partial charge in [-0.2, -0.15) is 13.2 Å². The summed E-state index contributed by atoms with van der Waals surface area (Å²) in [7, 11) is -2.83. The lowest BCUT2D eigenvalue weighted by molar-refractivity contribution is -0.137. The molecule has 0 radical (unpaired) electrons. The van der Waals surface area contributed by atoms with Crippen molar-refractivity contribution in [3.63, 3.8) is 0 Å². The summed E-state index contributed by atoms with van der Waals surface area (Å²) in [6.45, 7) is 0.196. The summed E-state index contributed by atoms with van der Waals surface area (Å²) >= 11 is 9.10. The molecule has 148 valence electrons. The van der Waals surface area contributed by atoms with E-state index in [0.717, 1.165) is 12.1 Å². The minimum absolute atomic E-state index is 0.0234. The summed E-state index contributed by atoms with van der Waals surface area (Å²) in [6, 6.07) is 6.53. The van der Waals surface area contributed by atoms with E-state index in [0.29, 0.717) is 10.5 Å². The van der Waals surface area contributed by atoms with Gasteiger partial charge in [0.1, 0.15) is 17.3 Å². The molecule has 11 heteroatoms. The smallest absolute Gasteiger partial charge is 0.416 e. The summed E-state index contributed by atoms with van der Waals surface area (Å²) in [6.07, 6.45) is -4.65.